The summed E-state index contributed by atoms with van der Waals surface area (Å²) in [4.78, 5) is 7.08. The number of aromatic amines is 2. The van der Waals surface area contributed by atoms with E-state index in [9.17, 15) is 30.6 Å². The number of rotatable bonds is 2. The summed E-state index contributed by atoms with van der Waals surface area (Å²) < 4.78 is 0. The van der Waals surface area contributed by atoms with Crippen LogP contribution in [-0.2, 0) is 0 Å². The molecule has 6 aromatic rings. The van der Waals surface area contributed by atoms with Crippen molar-refractivity contribution in [3.63, 3.8) is 0 Å². The largest absolute Gasteiger partial charge is 0.504 e. The van der Waals surface area contributed by atoms with Gasteiger partial charge in [0.2, 0.25) is 0 Å². The van der Waals surface area contributed by atoms with Crippen LogP contribution in [0.2, 0.25) is 0 Å². The van der Waals surface area contributed by atoms with E-state index in [2.05, 4.69) is 9.97 Å². The van der Waals surface area contributed by atoms with E-state index in [1.807, 2.05) is 48.5 Å². The molecule has 2 atom stereocenters. The van der Waals surface area contributed by atoms with Crippen molar-refractivity contribution in [2.75, 3.05) is 0 Å². The van der Waals surface area contributed by atoms with Gasteiger partial charge < -0.3 is 40.6 Å². The lowest BCUT2D eigenvalue weighted by Crippen LogP contribution is -2.19. The summed E-state index contributed by atoms with van der Waals surface area (Å²) in [5.74, 6) is -3.87. The number of para-hydroxylation sites is 2. The van der Waals surface area contributed by atoms with E-state index in [1.165, 1.54) is 24.3 Å². The van der Waals surface area contributed by atoms with Gasteiger partial charge in [0.15, 0.2) is 34.5 Å². The number of phenolic OH excluding ortho intramolecular Hbond substituents is 6. The first-order valence-corrected chi connectivity index (χ1v) is 12.0. The summed E-state index contributed by atoms with van der Waals surface area (Å²) in [6.07, 6.45) is 0. The van der Waals surface area contributed by atoms with Gasteiger partial charge in [0.05, 0.1) is 11.8 Å². The van der Waals surface area contributed by atoms with Crippen molar-refractivity contribution in [3.8, 4) is 34.5 Å². The molecule has 38 heavy (non-hydrogen) atoms. The third kappa shape index (κ3) is 2.91. The number of aromatic hydroxyl groups is 6. The summed E-state index contributed by atoms with van der Waals surface area (Å²) in [6, 6.07) is 21.3. The Bertz CT molecular complexity index is 1730. The van der Waals surface area contributed by atoms with Gasteiger partial charge in [0, 0.05) is 33.2 Å². The molecule has 1 aliphatic rings. The molecule has 2 unspecified atom stereocenters. The Hall–Kier alpha value is -5.24. The van der Waals surface area contributed by atoms with Crippen LogP contribution in [0.15, 0.2) is 72.8 Å². The van der Waals surface area contributed by atoms with E-state index < -0.39 is 46.3 Å². The van der Waals surface area contributed by atoms with Gasteiger partial charge in [-0.1, -0.05) is 36.4 Å². The van der Waals surface area contributed by atoms with Gasteiger partial charge in [-0.15, -0.1) is 0 Å². The Morgan fingerprint density at radius 2 is 0.816 bits per heavy atom. The lowest BCUT2D eigenvalue weighted by Gasteiger charge is -2.31. The lowest BCUT2D eigenvalue weighted by atomic mass is 9.72. The summed E-state index contributed by atoms with van der Waals surface area (Å²) in [5.41, 5.74) is 6.19. The number of phenols is 6. The van der Waals surface area contributed by atoms with E-state index in [-0.39, 0.29) is 0 Å². The molecule has 8 heteroatoms. The van der Waals surface area contributed by atoms with Gasteiger partial charge in [0.1, 0.15) is 0 Å². The quantitative estimate of drug-likeness (QED) is 0.144. The lowest BCUT2D eigenvalue weighted by molar-refractivity contribution is 0.366. The van der Waals surface area contributed by atoms with Crippen molar-refractivity contribution in [3.05, 3.63) is 106 Å². The molecule has 0 saturated carbocycles. The van der Waals surface area contributed by atoms with Crippen LogP contribution in [0.1, 0.15) is 45.5 Å². The average molecular weight is 507 g/mol. The minimum absolute atomic E-state index is 0.436. The molecule has 1 aliphatic carbocycles. The topological polar surface area (TPSA) is 153 Å². The summed E-state index contributed by atoms with van der Waals surface area (Å²) in [7, 11) is 0. The molecule has 2 aromatic heterocycles. The van der Waals surface area contributed by atoms with Crippen molar-refractivity contribution in [2.24, 2.45) is 0 Å². The average Bonchev–Trinajstić information content (AvgIpc) is 3.47. The van der Waals surface area contributed by atoms with Gasteiger partial charge in [-0.3, -0.25) is 0 Å². The molecule has 7 rings (SSSR count). The van der Waals surface area contributed by atoms with Gasteiger partial charge in [-0.05, 0) is 58.7 Å². The summed E-state index contributed by atoms with van der Waals surface area (Å²) in [6.45, 7) is 0. The third-order valence-electron chi connectivity index (χ3n) is 7.56. The maximum Gasteiger partial charge on any atom is 0.200 e. The Balaban J connectivity index is 1.63. The van der Waals surface area contributed by atoms with E-state index in [0.29, 0.717) is 11.1 Å². The molecule has 8 N–H and O–H groups in total. The number of hydrogen-bond donors (Lipinski definition) is 8. The predicted octanol–water partition coefficient (Wildman–Crippen LogP) is 5.56. The molecule has 0 radical (unpaired) electrons. The van der Waals surface area contributed by atoms with Gasteiger partial charge >= 0.3 is 0 Å². The predicted molar refractivity (Wildman–Crippen MR) is 141 cm³/mol. The number of fused-ring (bicyclic) bond motifs is 6. The highest BCUT2D eigenvalue weighted by Crippen LogP contribution is 2.55. The first-order valence-electron chi connectivity index (χ1n) is 12.0. The third-order valence-corrected chi connectivity index (χ3v) is 7.56. The van der Waals surface area contributed by atoms with Crippen LogP contribution in [0.25, 0.3) is 21.8 Å². The molecular weight excluding hydrogens is 484 g/mol. The van der Waals surface area contributed by atoms with Gasteiger partial charge in [-0.2, -0.15) is 0 Å². The van der Waals surface area contributed by atoms with Crippen LogP contribution in [0.3, 0.4) is 0 Å². The van der Waals surface area contributed by atoms with E-state index in [1.54, 1.807) is 0 Å². The Kier molecular flexibility index (Phi) is 4.42. The molecule has 0 aliphatic heterocycles. The minimum atomic E-state index is -0.589. The second-order valence-corrected chi connectivity index (χ2v) is 9.68. The van der Waals surface area contributed by atoms with Crippen molar-refractivity contribution < 1.29 is 30.6 Å². The second kappa shape index (κ2) is 7.63. The first kappa shape index (κ1) is 22.0. The molecule has 0 spiro atoms. The Morgan fingerprint density at radius 1 is 0.474 bits per heavy atom. The Labute approximate surface area is 215 Å². The van der Waals surface area contributed by atoms with Gasteiger partial charge in [-0.25, -0.2) is 0 Å². The zero-order valence-electron chi connectivity index (χ0n) is 19.8. The fourth-order valence-corrected chi connectivity index (χ4v) is 5.99. The molecule has 8 nitrogen and oxygen atoms in total. The molecule has 0 saturated heterocycles. The standard InChI is InChI=1S/C30H22N2O6/c33-19-9-13(10-20(34)29(19)37)23-25-15-5-1-3-7-17(15)31-27(25)24(14-11-21(35)30(38)22(36)12-14)26-16-6-2-4-8-18(16)32-28(23)26/h1-12,23-24,31-38H. The smallest absolute Gasteiger partial charge is 0.200 e. The minimum Gasteiger partial charge on any atom is -0.504 e. The van der Waals surface area contributed by atoms with Crippen LogP contribution in [-0.4, -0.2) is 40.6 Å². The fraction of sp³-hybridized carbons (Fsp3) is 0.0667. The van der Waals surface area contributed by atoms with Gasteiger partial charge in [0.25, 0.3) is 0 Å². The number of H-pyrrole nitrogens is 2. The van der Waals surface area contributed by atoms with Crippen LogP contribution in [0.5, 0.6) is 34.5 Å². The summed E-state index contributed by atoms with van der Waals surface area (Å²) >= 11 is 0. The second-order valence-electron chi connectivity index (χ2n) is 9.68. The monoisotopic (exact) mass is 506 g/mol. The van der Waals surface area contributed by atoms with Crippen LogP contribution >= 0.6 is 0 Å². The van der Waals surface area contributed by atoms with Crippen LogP contribution in [0, 0.1) is 0 Å². The molecule has 0 fully saturated rings. The molecule has 2 heterocycles. The van der Waals surface area contributed by atoms with E-state index >= 15 is 0 Å². The van der Waals surface area contributed by atoms with Crippen molar-refractivity contribution in [1.82, 2.24) is 9.97 Å². The molecule has 4 aromatic carbocycles. The van der Waals surface area contributed by atoms with Crippen LogP contribution < -0.4 is 0 Å². The highest BCUT2D eigenvalue weighted by Gasteiger charge is 2.40. The maximum absolute atomic E-state index is 10.4. The highest BCUT2D eigenvalue weighted by molar-refractivity contribution is 5.93. The maximum atomic E-state index is 10.4. The number of hydrogen-bond acceptors (Lipinski definition) is 6. The van der Waals surface area contributed by atoms with E-state index in [0.717, 1.165) is 44.3 Å². The first-order chi connectivity index (χ1) is 18.3. The molecular formula is C30H22N2O6. The molecule has 0 bridgehead atoms. The van der Waals surface area contributed by atoms with Crippen LogP contribution in [0.4, 0.5) is 0 Å². The fourth-order valence-electron chi connectivity index (χ4n) is 5.99. The zero-order chi connectivity index (χ0) is 26.3. The molecule has 188 valence electrons. The number of benzene rings is 4. The number of nitrogens with one attached hydrogen (secondary N) is 2. The van der Waals surface area contributed by atoms with Crippen molar-refractivity contribution in [1.29, 1.82) is 0 Å². The molecule has 0 amide bonds. The van der Waals surface area contributed by atoms with Crippen molar-refractivity contribution in [2.45, 2.75) is 11.8 Å². The number of aromatic nitrogens is 2. The Morgan fingerprint density at radius 3 is 1.18 bits per heavy atom. The van der Waals surface area contributed by atoms with Crippen molar-refractivity contribution >= 4 is 21.8 Å². The summed E-state index contributed by atoms with van der Waals surface area (Å²) in [5, 5.41) is 63.6. The van der Waals surface area contributed by atoms with E-state index in [4.69, 9.17) is 0 Å². The highest BCUT2D eigenvalue weighted by atomic mass is 16.3. The SMILES string of the molecule is Oc1cc(C2c3[nH]c4ccccc4c3C(c3cc(O)c(O)c(O)c3)c3[nH]c4ccccc4c32)cc(O)c1O. The normalized spacial score (nSPS) is 16.5. The zero-order valence-corrected chi connectivity index (χ0v) is 19.8.